The Morgan fingerprint density at radius 2 is 2.17 bits per heavy atom. The van der Waals surface area contributed by atoms with Gasteiger partial charge in [-0.05, 0) is 31.2 Å². The van der Waals surface area contributed by atoms with Crippen LogP contribution in [0.3, 0.4) is 0 Å². The first kappa shape index (κ1) is 10.5. The van der Waals surface area contributed by atoms with Gasteiger partial charge in [-0.3, -0.25) is 0 Å². The number of rotatable bonds is 2. The second-order valence-electron chi connectivity index (χ2n) is 3.85. The van der Waals surface area contributed by atoms with E-state index in [4.69, 9.17) is 9.52 Å². The van der Waals surface area contributed by atoms with Gasteiger partial charge in [0.15, 0.2) is 17.1 Å². The standard InChI is InChI=1S/C12H9N3O3/c1-7-2-4-10(18-7)8-3-5-11-13-6-9(12(16)17)15(11)14-8/h2-6H,1H3,(H,16,17). The number of imidazole rings is 1. The van der Waals surface area contributed by atoms with E-state index in [1.54, 1.807) is 18.2 Å². The molecule has 6 nitrogen and oxygen atoms in total. The van der Waals surface area contributed by atoms with Crippen molar-refractivity contribution < 1.29 is 14.3 Å². The van der Waals surface area contributed by atoms with Crippen LogP contribution in [0.4, 0.5) is 0 Å². The van der Waals surface area contributed by atoms with Crippen molar-refractivity contribution >= 4 is 11.6 Å². The van der Waals surface area contributed by atoms with E-state index in [9.17, 15) is 4.79 Å². The normalized spacial score (nSPS) is 10.9. The first-order valence-corrected chi connectivity index (χ1v) is 5.30. The molecular weight excluding hydrogens is 234 g/mol. The van der Waals surface area contributed by atoms with Gasteiger partial charge in [0.05, 0.1) is 6.20 Å². The summed E-state index contributed by atoms with van der Waals surface area (Å²) in [5.41, 5.74) is 1.07. The van der Waals surface area contributed by atoms with Gasteiger partial charge in [0.2, 0.25) is 0 Å². The number of carboxylic acid groups (broad SMARTS) is 1. The molecule has 0 saturated carbocycles. The highest BCUT2D eigenvalue weighted by atomic mass is 16.4. The van der Waals surface area contributed by atoms with Crippen LogP contribution in [0, 0.1) is 6.92 Å². The largest absolute Gasteiger partial charge is 0.476 e. The molecule has 3 aromatic rings. The number of aromatic nitrogens is 3. The number of nitrogens with zero attached hydrogens (tertiary/aromatic N) is 3. The molecule has 0 unspecified atom stereocenters. The summed E-state index contributed by atoms with van der Waals surface area (Å²) >= 11 is 0. The van der Waals surface area contributed by atoms with Crippen LogP contribution in [0.15, 0.2) is 34.9 Å². The minimum Gasteiger partial charge on any atom is -0.476 e. The van der Waals surface area contributed by atoms with Gasteiger partial charge in [0, 0.05) is 0 Å². The summed E-state index contributed by atoms with van der Waals surface area (Å²) in [5.74, 6) is 0.304. The van der Waals surface area contributed by atoms with Crippen LogP contribution in [0.5, 0.6) is 0 Å². The maximum atomic E-state index is 11.0. The Bertz CT molecular complexity index is 742. The Kier molecular flexibility index (Phi) is 2.16. The highest BCUT2D eigenvalue weighted by Gasteiger charge is 2.13. The number of aryl methyl sites for hydroxylation is 1. The first-order valence-electron chi connectivity index (χ1n) is 5.30. The average molecular weight is 243 g/mol. The van der Waals surface area contributed by atoms with Crippen molar-refractivity contribution in [1.29, 1.82) is 0 Å². The molecule has 0 saturated heterocycles. The van der Waals surface area contributed by atoms with E-state index in [-0.39, 0.29) is 5.69 Å². The number of carbonyl (C=O) groups is 1. The van der Waals surface area contributed by atoms with E-state index in [2.05, 4.69) is 10.1 Å². The zero-order valence-corrected chi connectivity index (χ0v) is 9.49. The molecule has 3 rings (SSSR count). The third-order valence-corrected chi connectivity index (χ3v) is 2.57. The molecule has 3 heterocycles. The summed E-state index contributed by atoms with van der Waals surface area (Å²) in [7, 11) is 0. The summed E-state index contributed by atoms with van der Waals surface area (Å²) in [5, 5.41) is 13.2. The monoisotopic (exact) mass is 243 g/mol. The SMILES string of the molecule is Cc1ccc(-c2ccc3ncc(C(=O)O)n3n2)o1. The molecule has 0 aromatic carbocycles. The van der Waals surface area contributed by atoms with Gasteiger partial charge < -0.3 is 9.52 Å². The number of hydrogen-bond donors (Lipinski definition) is 1. The second kappa shape index (κ2) is 3.69. The fourth-order valence-electron chi connectivity index (χ4n) is 1.72. The van der Waals surface area contributed by atoms with Gasteiger partial charge in [-0.15, -0.1) is 0 Å². The lowest BCUT2D eigenvalue weighted by atomic mass is 10.3. The maximum absolute atomic E-state index is 11.0. The van der Waals surface area contributed by atoms with Crippen LogP contribution < -0.4 is 0 Å². The summed E-state index contributed by atoms with van der Waals surface area (Å²) in [6.07, 6.45) is 1.28. The van der Waals surface area contributed by atoms with Crippen molar-refractivity contribution in [1.82, 2.24) is 14.6 Å². The van der Waals surface area contributed by atoms with Gasteiger partial charge in [0.1, 0.15) is 11.5 Å². The summed E-state index contributed by atoms with van der Waals surface area (Å²) in [6.45, 7) is 1.84. The van der Waals surface area contributed by atoms with Crippen molar-refractivity contribution in [2.75, 3.05) is 0 Å². The van der Waals surface area contributed by atoms with Gasteiger partial charge in [-0.1, -0.05) is 0 Å². The van der Waals surface area contributed by atoms with Gasteiger partial charge in [-0.25, -0.2) is 14.3 Å². The van der Waals surface area contributed by atoms with E-state index in [0.717, 1.165) is 5.76 Å². The van der Waals surface area contributed by atoms with Gasteiger partial charge >= 0.3 is 5.97 Å². The van der Waals surface area contributed by atoms with Gasteiger partial charge in [-0.2, -0.15) is 5.10 Å². The second-order valence-corrected chi connectivity index (χ2v) is 3.85. The first-order chi connectivity index (χ1) is 8.65. The highest BCUT2D eigenvalue weighted by Crippen LogP contribution is 2.20. The predicted octanol–water partition coefficient (Wildman–Crippen LogP) is 2.00. The van der Waals surface area contributed by atoms with Crippen molar-refractivity contribution in [3.05, 3.63) is 41.9 Å². The molecule has 0 radical (unpaired) electrons. The molecule has 0 amide bonds. The fraction of sp³-hybridized carbons (Fsp3) is 0.0833. The molecule has 0 aliphatic carbocycles. The van der Waals surface area contributed by atoms with Crippen LogP contribution in [-0.4, -0.2) is 25.7 Å². The number of fused-ring (bicyclic) bond motifs is 1. The van der Waals surface area contributed by atoms with Crippen molar-refractivity contribution in [2.24, 2.45) is 0 Å². The summed E-state index contributed by atoms with van der Waals surface area (Å²) in [4.78, 5) is 15.0. The summed E-state index contributed by atoms with van der Waals surface area (Å²) in [6, 6.07) is 7.06. The van der Waals surface area contributed by atoms with Crippen LogP contribution in [0.2, 0.25) is 0 Å². The summed E-state index contributed by atoms with van der Waals surface area (Å²) < 4.78 is 6.74. The van der Waals surface area contributed by atoms with Crippen molar-refractivity contribution in [3.63, 3.8) is 0 Å². The molecule has 3 aromatic heterocycles. The lowest BCUT2D eigenvalue weighted by molar-refractivity contribution is 0.0688. The zero-order valence-electron chi connectivity index (χ0n) is 9.49. The predicted molar refractivity (Wildman–Crippen MR) is 62.4 cm³/mol. The van der Waals surface area contributed by atoms with Crippen LogP contribution in [-0.2, 0) is 0 Å². The van der Waals surface area contributed by atoms with Crippen LogP contribution >= 0.6 is 0 Å². The van der Waals surface area contributed by atoms with E-state index >= 15 is 0 Å². The van der Waals surface area contributed by atoms with Crippen LogP contribution in [0.1, 0.15) is 16.2 Å². The Labute approximate surface area is 101 Å². The average Bonchev–Trinajstić information content (AvgIpc) is 2.93. The number of carboxylic acids is 1. The molecule has 90 valence electrons. The van der Waals surface area contributed by atoms with Crippen molar-refractivity contribution in [2.45, 2.75) is 6.92 Å². The van der Waals surface area contributed by atoms with Crippen LogP contribution in [0.25, 0.3) is 17.1 Å². The molecule has 0 fully saturated rings. The Hall–Kier alpha value is -2.63. The number of furan rings is 1. The molecular formula is C12H9N3O3. The Balaban J connectivity index is 2.20. The molecule has 0 aliphatic rings. The van der Waals surface area contributed by atoms with Gasteiger partial charge in [0.25, 0.3) is 0 Å². The minimum atomic E-state index is -1.07. The Morgan fingerprint density at radius 1 is 1.33 bits per heavy atom. The van der Waals surface area contributed by atoms with E-state index in [1.165, 1.54) is 10.7 Å². The lowest BCUT2D eigenvalue weighted by Gasteiger charge is -1.99. The third-order valence-electron chi connectivity index (χ3n) is 2.57. The zero-order chi connectivity index (χ0) is 12.7. The maximum Gasteiger partial charge on any atom is 0.356 e. The molecule has 6 heteroatoms. The van der Waals surface area contributed by atoms with Crippen molar-refractivity contribution in [3.8, 4) is 11.5 Å². The molecule has 0 bridgehead atoms. The minimum absolute atomic E-state index is 0.0233. The topological polar surface area (TPSA) is 80.6 Å². The highest BCUT2D eigenvalue weighted by molar-refractivity contribution is 5.86. The number of aromatic carboxylic acids is 1. The number of hydrogen-bond acceptors (Lipinski definition) is 4. The molecule has 0 atom stereocenters. The molecule has 0 aliphatic heterocycles. The fourth-order valence-corrected chi connectivity index (χ4v) is 1.72. The smallest absolute Gasteiger partial charge is 0.356 e. The quantitative estimate of drug-likeness (QED) is 0.744. The van der Waals surface area contributed by atoms with E-state index < -0.39 is 5.97 Å². The Morgan fingerprint density at radius 3 is 2.83 bits per heavy atom. The molecule has 18 heavy (non-hydrogen) atoms. The third kappa shape index (κ3) is 1.55. The lowest BCUT2D eigenvalue weighted by Crippen LogP contribution is -2.04. The molecule has 1 N–H and O–H groups in total. The van der Waals surface area contributed by atoms with E-state index in [1.807, 2.05) is 13.0 Å². The van der Waals surface area contributed by atoms with E-state index in [0.29, 0.717) is 17.1 Å². The molecule has 0 spiro atoms.